The molecule has 3 rings (SSSR count). The first-order chi connectivity index (χ1) is 12.1. The summed E-state index contributed by atoms with van der Waals surface area (Å²) in [5, 5.41) is 12.2. The molecule has 1 amide bonds. The van der Waals surface area contributed by atoms with Crippen molar-refractivity contribution in [3.05, 3.63) is 54.1 Å². The van der Waals surface area contributed by atoms with Crippen molar-refractivity contribution in [1.82, 2.24) is 5.32 Å². The van der Waals surface area contributed by atoms with Gasteiger partial charge in [0, 0.05) is 0 Å². The van der Waals surface area contributed by atoms with E-state index in [1.54, 1.807) is 18.2 Å². The van der Waals surface area contributed by atoms with Crippen LogP contribution in [-0.2, 0) is 9.53 Å². The molecule has 130 valence electrons. The van der Waals surface area contributed by atoms with Crippen molar-refractivity contribution < 1.29 is 28.9 Å². The summed E-state index contributed by atoms with van der Waals surface area (Å²) in [6, 6.07) is 13.2. The van der Waals surface area contributed by atoms with Crippen molar-refractivity contribution in [1.29, 1.82) is 0 Å². The van der Waals surface area contributed by atoms with Crippen LogP contribution in [0.4, 0.5) is 0 Å². The number of para-hydroxylation sites is 3. The second-order valence-electron chi connectivity index (χ2n) is 5.39. The number of phenols is 1. The summed E-state index contributed by atoms with van der Waals surface area (Å²) < 4.78 is 16.1. The van der Waals surface area contributed by atoms with Gasteiger partial charge in [-0.1, -0.05) is 24.3 Å². The van der Waals surface area contributed by atoms with E-state index in [2.05, 4.69) is 5.32 Å². The highest BCUT2D eigenvalue weighted by molar-refractivity contribution is 5.93. The van der Waals surface area contributed by atoms with Gasteiger partial charge in [0.15, 0.2) is 18.1 Å². The number of ether oxygens (including phenoxy) is 3. The Morgan fingerprint density at radius 2 is 1.84 bits per heavy atom. The first-order valence-corrected chi connectivity index (χ1v) is 7.74. The van der Waals surface area contributed by atoms with Gasteiger partial charge >= 0.3 is 5.97 Å². The molecule has 7 heteroatoms. The zero-order chi connectivity index (χ0) is 17.6. The zero-order valence-corrected chi connectivity index (χ0v) is 13.3. The number of esters is 1. The number of aromatic hydroxyl groups is 1. The summed E-state index contributed by atoms with van der Waals surface area (Å²) in [7, 11) is 0. The van der Waals surface area contributed by atoms with Gasteiger partial charge in [-0.2, -0.15) is 0 Å². The predicted molar refractivity (Wildman–Crippen MR) is 87.8 cm³/mol. The minimum Gasteiger partial charge on any atom is -0.507 e. The van der Waals surface area contributed by atoms with Crippen molar-refractivity contribution in [2.24, 2.45) is 0 Å². The van der Waals surface area contributed by atoms with Crippen LogP contribution in [0.25, 0.3) is 0 Å². The van der Waals surface area contributed by atoms with E-state index in [9.17, 15) is 14.7 Å². The summed E-state index contributed by atoms with van der Waals surface area (Å²) in [4.78, 5) is 23.6. The molecule has 0 fully saturated rings. The van der Waals surface area contributed by atoms with Gasteiger partial charge in [-0.05, 0) is 24.3 Å². The lowest BCUT2D eigenvalue weighted by molar-refractivity contribution is -0.124. The number of phenolic OH excluding ortho intramolecular Hbond substituents is 1. The molecular formula is C18H17NO6. The van der Waals surface area contributed by atoms with Crippen molar-refractivity contribution in [2.75, 3.05) is 19.8 Å². The fraction of sp³-hybridized carbons (Fsp3) is 0.222. The number of amides is 1. The van der Waals surface area contributed by atoms with E-state index in [0.717, 1.165) is 0 Å². The molecule has 1 heterocycles. The molecule has 0 radical (unpaired) electrons. The molecule has 0 saturated heterocycles. The summed E-state index contributed by atoms with van der Waals surface area (Å²) in [5.74, 6) is -0.134. The minimum atomic E-state index is -0.764. The number of nitrogens with one attached hydrogen (secondary N) is 1. The molecule has 2 aromatic rings. The van der Waals surface area contributed by atoms with Crippen LogP contribution in [0.15, 0.2) is 48.5 Å². The average Bonchev–Trinajstić information content (AvgIpc) is 2.64. The third-order valence-electron chi connectivity index (χ3n) is 3.55. The smallest absolute Gasteiger partial charge is 0.342 e. The van der Waals surface area contributed by atoms with E-state index in [4.69, 9.17) is 14.2 Å². The maximum atomic E-state index is 11.8. The molecule has 1 aliphatic rings. The molecule has 0 aromatic heterocycles. The Hall–Kier alpha value is -3.22. The highest BCUT2D eigenvalue weighted by Gasteiger charge is 2.21. The Balaban J connectivity index is 1.43. The molecule has 0 saturated carbocycles. The summed E-state index contributed by atoms with van der Waals surface area (Å²) in [6.45, 7) is 0.0909. The summed E-state index contributed by atoms with van der Waals surface area (Å²) in [5.41, 5.74) is 0.0101. The number of benzene rings is 2. The topological polar surface area (TPSA) is 94.1 Å². The standard InChI is InChI=1S/C18H17NO6/c20-14-6-2-1-5-13(14)18(22)24-11-17(21)19-9-12-10-23-15-7-3-4-8-16(15)25-12/h1-8,12,20H,9-11H2,(H,19,21). The Kier molecular flexibility index (Phi) is 5.03. The van der Waals surface area contributed by atoms with Crippen LogP contribution in [0, 0.1) is 0 Å². The number of hydrogen-bond acceptors (Lipinski definition) is 6. The highest BCUT2D eigenvalue weighted by atomic mass is 16.6. The lowest BCUT2D eigenvalue weighted by Crippen LogP contribution is -2.42. The van der Waals surface area contributed by atoms with Crippen LogP contribution in [0.3, 0.4) is 0 Å². The maximum Gasteiger partial charge on any atom is 0.342 e. The zero-order valence-electron chi connectivity index (χ0n) is 13.3. The number of carbonyl (C=O) groups excluding carboxylic acids is 2. The number of hydrogen-bond donors (Lipinski definition) is 2. The fourth-order valence-electron chi connectivity index (χ4n) is 2.30. The van der Waals surface area contributed by atoms with Gasteiger partial charge in [0.05, 0.1) is 6.54 Å². The Bertz CT molecular complexity index is 776. The summed E-state index contributed by atoms with van der Waals surface area (Å²) >= 11 is 0. The average molecular weight is 343 g/mol. The van der Waals surface area contributed by atoms with Gasteiger partial charge in [0.25, 0.3) is 5.91 Å². The lowest BCUT2D eigenvalue weighted by atomic mass is 10.2. The predicted octanol–water partition coefficient (Wildman–Crippen LogP) is 1.51. The first-order valence-electron chi connectivity index (χ1n) is 7.74. The minimum absolute atomic E-state index is 0.0101. The lowest BCUT2D eigenvalue weighted by Gasteiger charge is -2.26. The Morgan fingerprint density at radius 3 is 2.64 bits per heavy atom. The van der Waals surface area contributed by atoms with Crippen molar-refractivity contribution in [3.8, 4) is 17.2 Å². The molecular weight excluding hydrogens is 326 g/mol. The second-order valence-corrected chi connectivity index (χ2v) is 5.39. The van der Waals surface area contributed by atoms with Gasteiger partial charge in [-0.15, -0.1) is 0 Å². The largest absolute Gasteiger partial charge is 0.507 e. The molecule has 0 aliphatic carbocycles. The molecule has 0 spiro atoms. The number of fused-ring (bicyclic) bond motifs is 1. The van der Waals surface area contributed by atoms with Crippen LogP contribution >= 0.6 is 0 Å². The van der Waals surface area contributed by atoms with Gasteiger partial charge < -0.3 is 24.6 Å². The van der Waals surface area contributed by atoms with Crippen LogP contribution in [0.5, 0.6) is 17.2 Å². The van der Waals surface area contributed by atoms with Crippen molar-refractivity contribution in [3.63, 3.8) is 0 Å². The first kappa shape index (κ1) is 16.6. The number of rotatable bonds is 5. The molecule has 7 nitrogen and oxygen atoms in total. The van der Waals surface area contributed by atoms with Crippen LogP contribution in [0.2, 0.25) is 0 Å². The van der Waals surface area contributed by atoms with Gasteiger partial charge in [0.2, 0.25) is 0 Å². The molecule has 25 heavy (non-hydrogen) atoms. The van der Waals surface area contributed by atoms with Crippen molar-refractivity contribution >= 4 is 11.9 Å². The van der Waals surface area contributed by atoms with Crippen LogP contribution in [0.1, 0.15) is 10.4 Å². The SMILES string of the molecule is O=C(COC(=O)c1ccccc1O)NCC1COc2ccccc2O1. The maximum absolute atomic E-state index is 11.8. The molecule has 2 N–H and O–H groups in total. The van der Waals surface area contributed by atoms with E-state index in [1.807, 2.05) is 18.2 Å². The molecule has 1 atom stereocenters. The van der Waals surface area contributed by atoms with E-state index in [1.165, 1.54) is 12.1 Å². The van der Waals surface area contributed by atoms with E-state index >= 15 is 0 Å². The molecule has 1 unspecified atom stereocenters. The van der Waals surface area contributed by atoms with Crippen molar-refractivity contribution in [2.45, 2.75) is 6.10 Å². The quantitative estimate of drug-likeness (QED) is 0.799. The van der Waals surface area contributed by atoms with Gasteiger partial charge in [-0.25, -0.2) is 4.79 Å². The van der Waals surface area contributed by atoms with E-state index in [-0.39, 0.29) is 24.0 Å². The Labute approximate surface area is 144 Å². The van der Waals surface area contributed by atoms with Crippen LogP contribution < -0.4 is 14.8 Å². The molecule has 0 bridgehead atoms. The van der Waals surface area contributed by atoms with Gasteiger partial charge in [-0.3, -0.25) is 4.79 Å². The molecule has 2 aromatic carbocycles. The summed E-state index contributed by atoms with van der Waals surface area (Å²) in [6.07, 6.45) is -0.326. The normalized spacial score (nSPS) is 15.3. The van der Waals surface area contributed by atoms with E-state index in [0.29, 0.717) is 18.1 Å². The highest BCUT2D eigenvalue weighted by Crippen LogP contribution is 2.30. The fourth-order valence-corrected chi connectivity index (χ4v) is 2.30. The third kappa shape index (κ3) is 4.20. The van der Waals surface area contributed by atoms with Crippen LogP contribution in [-0.4, -0.2) is 42.8 Å². The molecule has 1 aliphatic heterocycles. The third-order valence-corrected chi connectivity index (χ3v) is 3.55. The van der Waals surface area contributed by atoms with E-state index < -0.39 is 18.5 Å². The van der Waals surface area contributed by atoms with Gasteiger partial charge in [0.1, 0.15) is 24.0 Å². The Morgan fingerprint density at radius 1 is 1.12 bits per heavy atom. The number of carbonyl (C=O) groups is 2. The monoisotopic (exact) mass is 343 g/mol. The second kappa shape index (κ2) is 7.57.